The predicted octanol–water partition coefficient (Wildman–Crippen LogP) is 3.15. The first kappa shape index (κ1) is 12.6. The van der Waals surface area contributed by atoms with Gasteiger partial charge < -0.3 is 4.90 Å². The van der Waals surface area contributed by atoms with Crippen molar-refractivity contribution in [3.63, 3.8) is 0 Å². The lowest BCUT2D eigenvalue weighted by atomic mass is 10.3. The van der Waals surface area contributed by atoms with Crippen LogP contribution in [0.25, 0.3) is 0 Å². The molecule has 6 heteroatoms. The van der Waals surface area contributed by atoms with Crippen LogP contribution in [0, 0.1) is 0 Å². The van der Waals surface area contributed by atoms with E-state index in [2.05, 4.69) is 20.9 Å². The number of halogens is 4. The number of nitrogens with zero attached hydrogens (tertiary/aromatic N) is 2. The zero-order valence-electron chi connectivity index (χ0n) is 7.84. The Balaban J connectivity index is 2.83. The molecule has 15 heavy (non-hydrogen) atoms. The molecule has 0 aromatic carbocycles. The quantitative estimate of drug-likeness (QED) is 0.777. The molecule has 1 aromatic heterocycles. The largest absolute Gasteiger partial charge is 0.364 e. The average molecular weight is 300 g/mol. The molecule has 0 unspecified atom stereocenters. The van der Waals surface area contributed by atoms with E-state index >= 15 is 0 Å². The fourth-order valence-electron chi connectivity index (χ4n) is 1.20. The van der Waals surface area contributed by atoms with Crippen LogP contribution >= 0.6 is 27.5 Å². The Hall–Kier alpha value is -0.420. The van der Waals surface area contributed by atoms with Crippen molar-refractivity contribution in [1.82, 2.24) is 4.98 Å². The second-order valence-electron chi connectivity index (χ2n) is 2.85. The van der Waals surface area contributed by atoms with Crippen LogP contribution in [0.2, 0.25) is 0 Å². The molecule has 0 spiro atoms. The van der Waals surface area contributed by atoms with E-state index in [1.165, 1.54) is 4.90 Å². The second kappa shape index (κ2) is 6.23. The Morgan fingerprint density at radius 1 is 1.53 bits per heavy atom. The summed E-state index contributed by atoms with van der Waals surface area (Å²) in [7, 11) is 0. The highest BCUT2D eigenvalue weighted by molar-refractivity contribution is 9.10. The van der Waals surface area contributed by atoms with Gasteiger partial charge in [0, 0.05) is 24.8 Å². The van der Waals surface area contributed by atoms with Gasteiger partial charge in [0.25, 0.3) is 6.43 Å². The molecule has 0 fully saturated rings. The molecule has 0 N–H and O–H groups in total. The van der Waals surface area contributed by atoms with Crippen LogP contribution in [0.5, 0.6) is 0 Å². The molecular weight excluding hydrogens is 289 g/mol. The van der Waals surface area contributed by atoms with Gasteiger partial charge in [0.05, 0.1) is 16.7 Å². The molecule has 0 atom stereocenters. The highest BCUT2D eigenvalue weighted by atomic mass is 79.9. The lowest BCUT2D eigenvalue weighted by molar-refractivity contribution is 0.155. The normalized spacial score (nSPS) is 10.7. The molecule has 0 aliphatic heterocycles. The Morgan fingerprint density at radius 3 is 2.80 bits per heavy atom. The summed E-state index contributed by atoms with van der Waals surface area (Å²) in [6, 6.07) is 1.68. The van der Waals surface area contributed by atoms with Crippen molar-refractivity contribution >= 4 is 33.2 Å². The molecule has 84 valence electrons. The molecule has 0 aliphatic rings. The Morgan fingerprint density at radius 2 is 2.27 bits per heavy atom. The van der Waals surface area contributed by atoms with Crippen LogP contribution < -0.4 is 4.90 Å². The Kier molecular flexibility index (Phi) is 5.25. The van der Waals surface area contributed by atoms with Gasteiger partial charge in [-0.3, -0.25) is 4.98 Å². The van der Waals surface area contributed by atoms with E-state index in [1.54, 1.807) is 18.5 Å². The van der Waals surface area contributed by atoms with E-state index < -0.39 is 6.43 Å². The number of hydrogen-bond acceptors (Lipinski definition) is 2. The van der Waals surface area contributed by atoms with Crippen molar-refractivity contribution in [3.05, 3.63) is 22.9 Å². The van der Waals surface area contributed by atoms with Gasteiger partial charge in [-0.05, 0) is 22.0 Å². The molecule has 0 saturated heterocycles. The smallest absolute Gasteiger partial charge is 0.255 e. The number of aromatic nitrogens is 1. The van der Waals surface area contributed by atoms with Crippen LogP contribution in [-0.4, -0.2) is 30.4 Å². The summed E-state index contributed by atoms with van der Waals surface area (Å²) in [5.74, 6) is 0.307. The first-order valence-corrected chi connectivity index (χ1v) is 5.66. The van der Waals surface area contributed by atoms with Crippen molar-refractivity contribution in [1.29, 1.82) is 0 Å². The summed E-state index contributed by atoms with van der Waals surface area (Å²) in [5.41, 5.74) is 0.686. The standard InChI is InChI=1S/C9H10BrClF2N2/c10-7-5-14-3-1-8(7)15(4-2-11)6-9(12)13/h1,3,5,9H,2,4,6H2. The monoisotopic (exact) mass is 298 g/mol. The minimum Gasteiger partial charge on any atom is -0.364 e. The van der Waals surface area contributed by atoms with Crippen molar-refractivity contribution in [2.75, 3.05) is 23.9 Å². The molecule has 1 rings (SSSR count). The fourth-order valence-corrected chi connectivity index (χ4v) is 1.91. The molecule has 2 nitrogen and oxygen atoms in total. The van der Waals surface area contributed by atoms with E-state index in [-0.39, 0.29) is 6.54 Å². The maximum atomic E-state index is 12.3. The second-order valence-corrected chi connectivity index (χ2v) is 4.09. The van der Waals surface area contributed by atoms with Crippen LogP contribution in [0.3, 0.4) is 0 Å². The van der Waals surface area contributed by atoms with Crippen molar-refractivity contribution in [2.45, 2.75) is 6.43 Å². The summed E-state index contributed by atoms with van der Waals surface area (Å²) >= 11 is 8.83. The third-order valence-electron chi connectivity index (χ3n) is 1.80. The van der Waals surface area contributed by atoms with E-state index in [1.807, 2.05) is 0 Å². The Labute approximate surface area is 100 Å². The van der Waals surface area contributed by atoms with Crippen molar-refractivity contribution < 1.29 is 8.78 Å². The molecule has 0 aliphatic carbocycles. The lowest BCUT2D eigenvalue weighted by Gasteiger charge is -2.24. The van der Waals surface area contributed by atoms with Gasteiger partial charge in [0.2, 0.25) is 0 Å². The van der Waals surface area contributed by atoms with E-state index in [0.717, 1.165) is 0 Å². The molecule has 0 amide bonds. The van der Waals surface area contributed by atoms with Gasteiger partial charge in [0.15, 0.2) is 0 Å². The van der Waals surface area contributed by atoms with Crippen molar-refractivity contribution in [3.8, 4) is 0 Å². The molecule has 0 radical (unpaired) electrons. The van der Waals surface area contributed by atoms with Gasteiger partial charge in [-0.25, -0.2) is 8.78 Å². The third kappa shape index (κ3) is 3.91. The summed E-state index contributed by atoms with van der Waals surface area (Å²) in [6.45, 7) is 0.0594. The van der Waals surface area contributed by atoms with Gasteiger partial charge in [-0.15, -0.1) is 11.6 Å². The van der Waals surface area contributed by atoms with Crippen LogP contribution in [-0.2, 0) is 0 Å². The molecule has 0 bridgehead atoms. The first-order valence-electron chi connectivity index (χ1n) is 4.33. The Bertz CT molecular complexity index is 312. The molecular formula is C9H10BrClF2N2. The molecule has 1 aromatic rings. The summed E-state index contributed by atoms with van der Waals surface area (Å²) in [6.07, 6.45) is 0.753. The topological polar surface area (TPSA) is 16.1 Å². The van der Waals surface area contributed by atoms with Crippen molar-refractivity contribution in [2.24, 2.45) is 0 Å². The average Bonchev–Trinajstić information content (AvgIpc) is 2.17. The van der Waals surface area contributed by atoms with Gasteiger partial charge in [-0.2, -0.15) is 0 Å². The zero-order chi connectivity index (χ0) is 11.3. The summed E-state index contributed by atoms with van der Waals surface area (Å²) < 4.78 is 25.3. The third-order valence-corrected chi connectivity index (χ3v) is 2.58. The van der Waals surface area contributed by atoms with E-state index in [0.29, 0.717) is 22.6 Å². The van der Waals surface area contributed by atoms with Crippen LogP contribution in [0.4, 0.5) is 14.5 Å². The van der Waals surface area contributed by atoms with E-state index in [4.69, 9.17) is 11.6 Å². The SMILES string of the molecule is FC(F)CN(CCCl)c1ccncc1Br. The van der Waals surface area contributed by atoms with Gasteiger partial charge in [0.1, 0.15) is 0 Å². The number of pyridine rings is 1. The highest BCUT2D eigenvalue weighted by Crippen LogP contribution is 2.25. The minimum atomic E-state index is -2.38. The fraction of sp³-hybridized carbons (Fsp3) is 0.444. The van der Waals surface area contributed by atoms with Gasteiger partial charge >= 0.3 is 0 Å². The maximum absolute atomic E-state index is 12.3. The molecule has 1 heterocycles. The highest BCUT2D eigenvalue weighted by Gasteiger charge is 2.14. The first-order chi connectivity index (χ1) is 7.15. The zero-order valence-corrected chi connectivity index (χ0v) is 10.2. The number of hydrogen-bond donors (Lipinski definition) is 0. The van der Waals surface area contributed by atoms with E-state index in [9.17, 15) is 8.78 Å². The van der Waals surface area contributed by atoms with Gasteiger partial charge in [-0.1, -0.05) is 0 Å². The number of alkyl halides is 3. The molecule has 0 saturated carbocycles. The lowest BCUT2D eigenvalue weighted by Crippen LogP contribution is -2.30. The summed E-state index contributed by atoms with van der Waals surface area (Å²) in [4.78, 5) is 5.40. The van der Waals surface area contributed by atoms with Crippen LogP contribution in [0.1, 0.15) is 0 Å². The minimum absolute atomic E-state index is 0.307. The predicted molar refractivity (Wildman–Crippen MR) is 60.9 cm³/mol. The number of anilines is 1. The number of rotatable bonds is 5. The maximum Gasteiger partial charge on any atom is 0.255 e. The van der Waals surface area contributed by atoms with Crippen LogP contribution in [0.15, 0.2) is 22.9 Å². The summed E-state index contributed by atoms with van der Waals surface area (Å²) in [5, 5.41) is 0.